The minimum atomic E-state index is 0.352. The first-order valence-corrected chi connectivity index (χ1v) is 4.33. The maximum atomic E-state index is 5.14. The van der Waals surface area contributed by atoms with Gasteiger partial charge in [0.15, 0.2) is 0 Å². The number of hydrogen-bond donors (Lipinski definition) is 0. The molecule has 1 aliphatic rings. The van der Waals surface area contributed by atoms with E-state index in [9.17, 15) is 0 Å². The van der Waals surface area contributed by atoms with Gasteiger partial charge in [0.05, 0.1) is 18.7 Å². The molecule has 2 heterocycles. The van der Waals surface area contributed by atoms with Gasteiger partial charge in [-0.2, -0.15) is 0 Å². The summed E-state index contributed by atoms with van der Waals surface area (Å²) >= 11 is 0. The molecule has 3 rings (SSSR count). The van der Waals surface area contributed by atoms with Crippen LogP contribution in [-0.2, 0) is 11.3 Å². The van der Waals surface area contributed by atoms with Crippen molar-refractivity contribution in [3.63, 3.8) is 0 Å². The van der Waals surface area contributed by atoms with Crippen LogP contribution in [0.3, 0.4) is 0 Å². The predicted octanol–water partition coefficient (Wildman–Crippen LogP) is 0.830. The Balaban J connectivity index is 2.06. The minimum Gasteiger partial charge on any atom is -0.371 e. The van der Waals surface area contributed by atoms with Crippen LogP contribution in [0, 0.1) is 0 Å². The molecule has 2 aromatic rings. The average molecular weight is 175 g/mol. The van der Waals surface area contributed by atoms with Crippen LogP contribution in [-0.4, -0.2) is 27.7 Å². The summed E-state index contributed by atoms with van der Waals surface area (Å²) in [4.78, 5) is 0. The normalized spacial score (nSPS) is 20.8. The third kappa shape index (κ3) is 1.19. The second kappa shape index (κ2) is 2.53. The molecule has 1 unspecified atom stereocenters. The van der Waals surface area contributed by atoms with Crippen LogP contribution >= 0.6 is 0 Å². The first-order valence-electron chi connectivity index (χ1n) is 4.33. The van der Waals surface area contributed by atoms with Crippen LogP contribution in [0.5, 0.6) is 0 Å². The van der Waals surface area contributed by atoms with Crippen LogP contribution < -0.4 is 0 Å². The molecule has 1 atom stereocenters. The summed E-state index contributed by atoms with van der Waals surface area (Å²) in [6.45, 7) is 1.68. The summed E-state index contributed by atoms with van der Waals surface area (Å²) in [7, 11) is 0. The fourth-order valence-electron chi connectivity index (χ4n) is 1.42. The van der Waals surface area contributed by atoms with Crippen molar-refractivity contribution < 1.29 is 4.74 Å². The fraction of sp³-hybridized carbons (Fsp3) is 0.333. The van der Waals surface area contributed by atoms with Crippen LogP contribution in [0.15, 0.2) is 24.3 Å². The van der Waals surface area contributed by atoms with Crippen LogP contribution in [0.4, 0.5) is 0 Å². The van der Waals surface area contributed by atoms with Gasteiger partial charge in [0.2, 0.25) is 0 Å². The van der Waals surface area contributed by atoms with Crippen molar-refractivity contribution in [1.29, 1.82) is 0 Å². The van der Waals surface area contributed by atoms with Gasteiger partial charge in [-0.3, -0.25) is 0 Å². The molecule has 0 spiro atoms. The predicted molar refractivity (Wildman–Crippen MR) is 47.3 cm³/mol. The van der Waals surface area contributed by atoms with Crippen molar-refractivity contribution in [2.24, 2.45) is 0 Å². The summed E-state index contributed by atoms with van der Waals surface area (Å²) in [5, 5.41) is 8.12. The zero-order valence-corrected chi connectivity index (χ0v) is 7.05. The molecule has 0 N–H and O–H groups in total. The van der Waals surface area contributed by atoms with Gasteiger partial charge in [-0.1, -0.05) is 17.3 Å². The average Bonchev–Trinajstić information content (AvgIpc) is 2.88. The molecule has 4 heteroatoms. The molecule has 0 aliphatic carbocycles. The minimum absolute atomic E-state index is 0.352. The Morgan fingerprint density at radius 3 is 3.15 bits per heavy atom. The maximum Gasteiger partial charge on any atom is 0.113 e. The number of hydrogen-bond acceptors (Lipinski definition) is 3. The number of benzene rings is 1. The Morgan fingerprint density at radius 1 is 1.46 bits per heavy atom. The molecular formula is C9H9N3O. The van der Waals surface area contributed by atoms with E-state index >= 15 is 0 Å². The molecule has 1 aliphatic heterocycles. The molecule has 1 aromatic carbocycles. The molecule has 1 saturated heterocycles. The lowest BCUT2D eigenvalue weighted by atomic mass is 10.3. The van der Waals surface area contributed by atoms with Gasteiger partial charge in [-0.25, -0.2) is 4.68 Å². The second-order valence-electron chi connectivity index (χ2n) is 3.22. The summed E-state index contributed by atoms with van der Waals surface area (Å²) in [5.41, 5.74) is 2.03. The van der Waals surface area contributed by atoms with Gasteiger partial charge in [-0.15, -0.1) is 5.10 Å². The van der Waals surface area contributed by atoms with Crippen molar-refractivity contribution in [2.75, 3.05) is 6.61 Å². The topological polar surface area (TPSA) is 43.2 Å². The molecule has 0 saturated carbocycles. The zero-order valence-electron chi connectivity index (χ0n) is 7.05. The van der Waals surface area contributed by atoms with Gasteiger partial charge < -0.3 is 4.74 Å². The van der Waals surface area contributed by atoms with Crippen molar-refractivity contribution in [3.05, 3.63) is 24.3 Å². The van der Waals surface area contributed by atoms with Crippen LogP contribution in [0.1, 0.15) is 0 Å². The Labute approximate surface area is 75.1 Å². The quantitative estimate of drug-likeness (QED) is 0.635. The molecular weight excluding hydrogens is 166 g/mol. The van der Waals surface area contributed by atoms with E-state index in [-0.39, 0.29) is 0 Å². The molecule has 1 fully saturated rings. The standard InChI is InChI=1S/C9H9N3O/c1-2-4-9-8(3-1)10-11-12(9)5-7-6-13-7/h1-4,7H,5-6H2. The summed E-state index contributed by atoms with van der Waals surface area (Å²) in [6, 6.07) is 7.95. The summed E-state index contributed by atoms with van der Waals surface area (Å²) < 4.78 is 7.04. The van der Waals surface area contributed by atoms with E-state index < -0.39 is 0 Å². The fourth-order valence-corrected chi connectivity index (χ4v) is 1.42. The van der Waals surface area contributed by atoms with E-state index in [2.05, 4.69) is 10.3 Å². The van der Waals surface area contributed by atoms with E-state index in [1.165, 1.54) is 0 Å². The summed E-state index contributed by atoms with van der Waals surface area (Å²) in [5.74, 6) is 0. The molecule has 0 bridgehead atoms. The third-order valence-corrected chi connectivity index (χ3v) is 2.20. The molecule has 1 aromatic heterocycles. The molecule has 13 heavy (non-hydrogen) atoms. The first-order chi connectivity index (χ1) is 6.43. The summed E-state index contributed by atoms with van der Waals surface area (Å²) in [6.07, 6.45) is 0.352. The van der Waals surface area contributed by atoms with E-state index in [1.807, 2.05) is 28.9 Å². The Hall–Kier alpha value is -1.42. The first kappa shape index (κ1) is 7.03. The highest BCUT2D eigenvalue weighted by Crippen LogP contribution is 2.15. The number of para-hydroxylation sites is 1. The third-order valence-electron chi connectivity index (χ3n) is 2.20. The van der Waals surface area contributed by atoms with Crippen molar-refractivity contribution in [2.45, 2.75) is 12.6 Å². The number of nitrogens with zero attached hydrogens (tertiary/aromatic N) is 3. The second-order valence-corrected chi connectivity index (χ2v) is 3.22. The highest BCUT2D eigenvalue weighted by molar-refractivity contribution is 5.73. The number of ether oxygens (including phenoxy) is 1. The van der Waals surface area contributed by atoms with E-state index in [4.69, 9.17) is 4.74 Å². The SMILES string of the molecule is c1ccc2c(c1)nnn2CC1CO1. The molecule has 0 radical (unpaired) electrons. The van der Waals surface area contributed by atoms with E-state index in [0.29, 0.717) is 6.10 Å². The maximum absolute atomic E-state index is 5.14. The number of rotatable bonds is 2. The van der Waals surface area contributed by atoms with Gasteiger partial charge in [0.25, 0.3) is 0 Å². The van der Waals surface area contributed by atoms with Gasteiger partial charge in [-0.05, 0) is 12.1 Å². The monoisotopic (exact) mass is 175 g/mol. The lowest BCUT2D eigenvalue weighted by Gasteiger charge is -1.96. The number of epoxide rings is 1. The highest BCUT2D eigenvalue weighted by atomic mass is 16.6. The van der Waals surface area contributed by atoms with Gasteiger partial charge in [0, 0.05) is 0 Å². The molecule has 0 amide bonds. The Morgan fingerprint density at radius 2 is 2.31 bits per heavy atom. The lowest BCUT2D eigenvalue weighted by molar-refractivity contribution is 0.374. The zero-order chi connectivity index (χ0) is 8.67. The van der Waals surface area contributed by atoms with Crippen molar-refractivity contribution in [1.82, 2.24) is 15.0 Å². The van der Waals surface area contributed by atoms with Crippen LogP contribution in [0.25, 0.3) is 11.0 Å². The van der Waals surface area contributed by atoms with Crippen molar-refractivity contribution >= 4 is 11.0 Å². The van der Waals surface area contributed by atoms with Crippen molar-refractivity contribution in [3.8, 4) is 0 Å². The molecule has 66 valence electrons. The van der Waals surface area contributed by atoms with Gasteiger partial charge in [0.1, 0.15) is 11.6 Å². The Kier molecular flexibility index (Phi) is 1.37. The number of aromatic nitrogens is 3. The largest absolute Gasteiger partial charge is 0.371 e. The molecule has 4 nitrogen and oxygen atoms in total. The van der Waals surface area contributed by atoms with E-state index in [0.717, 1.165) is 24.2 Å². The Bertz CT molecular complexity index is 433. The van der Waals surface area contributed by atoms with Crippen LogP contribution in [0.2, 0.25) is 0 Å². The smallest absolute Gasteiger partial charge is 0.113 e. The number of fused-ring (bicyclic) bond motifs is 1. The highest BCUT2D eigenvalue weighted by Gasteiger charge is 2.23. The van der Waals surface area contributed by atoms with E-state index in [1.54, 1.807) is 0 Å². The lowest BCUT2D eigenvalue weighted by Crippen LogP contribution is -2.05. The van der Waals surface area contributed by atoms with Gasteiger partial charge >= 0.3 is 0 Å².